The van der Waals surface area contributed by atoms with Gasteiger partial charge in [0.1, 0.15) is 0 Å². The van der Waals surface area contributed by atoms with E-state index in [0.29, 0.717) is 5.56 Å². The van der Waals surface area contributed by atoms with E-state index < -0.39 is 5.91 Å². The van der Waals surface area contributed by atoms with Gasteiger partial charge in [-0.25, -0.2) is 0 Å². The van der Waals surface area contributed by atoms with E-state index >= 15 is 0 Å². The second-order valence-electron chi connectivity index (χ2n) is 4.26. The van der Waals surface area contributed by atoms with Gasteiger partial charge in [0.05, 0.1) is 5.69 Å². The molecule has 2 amide bonds. The Morgan fingerprint density at radius 1 is 1.10 bits per heavy atom. The molecule has 5 nitrogen and oxygen atoms in total. The van der Waals surface area contributed by atoms with Crippen LogP contribution in [-0.2, 0) is 4.79 Å². The predicted molar refractivity (Wildman–Crippen MR) is 75.8 cm³/mol. The SMILES string of the molecule is NC(=O)CCNC(=O)c1ccc(-c2ccccn2)cc1. The smallest absolute Gasteiger partial charge is 0.251 e. The highest BCUT2D eigenvalue weighted by Gasteiger charge is 2.06. The monoisotopic (exact) mass is 269 g/mol. The van der Waals surface area contributed by atoms with Crippen molar-refractivity contribution in [2.24, 2.45) is 5.73 Å². The van der Waals surface area contributed by atoms with Crippen LogP contribution in [0, 0.1) is 0 Å². The predicted octanol–water partition coefficient (Wildman–Crippen LogP) is 1.35. The van der Waals surface area contributed by atoms with E-state index in [2.05, 4.69) is 10.3 Å². The average molecular weight is 269 g/mol. The summed E-state index contributed by atoms with van der Waals surface area (Å²) in [5.74, 6) is -0.658. The van der Waals surface area contributed by atoms with Crippen LogP contribution in [0.1, 0.15) is 16.8 Å². The molecule has 0 bridgehead atoms. The van der Waals surface area contributed by atoms with Crippen molar-refractivity contribution in [3.8, 4) is 11.3 Å². The van der Waals surface area contributed by atoms with Gasteiger partial charge in [-0.05, 0) is 24.3 Å². The van der Waals surface area contributed by atoms with E-state index in [1.807, 2.05) is 30.3 Å². The molecule has 0 atom stereocenters. The molecule has 2 aromatic rings. The second-order valence-corrected chi connectivity index (χ2v) is 4.26. The zero-order valence-corrected chi connectivity index (χ0v) is 10.9. The molecule has 0 radical (unpaired) electrons. The van der Waals surface area contributed by atoms with E-state index in [1.165, 1.54) is 0 Å². The number of primary amides is 1. The lowest BCUT2D eigenvalue weighted by Crippen LogP contribution is -2.27. The zero-order valence-electron chi connectivity index (χ0n) is 10.9. The van der Waals surface area contributed by atoms with Crippen LogP contribution in [0.4, 0.5) is 0 Å². The molecule has 0 spiro atoms. The molecule has 3 N–H and O–H groups in total. The first-order valence-corrected chi connectivity index (χ1v) is 6.25. The Balaban J connectivity index is 2.01. The Labute approximate surface area is 116 Å². The van der Waals surface area contributed by atoms with Gasteiger partial charge in [0, 0.05) is 30.3 Å². The fraction of sp³-hybridized carbons (Fsp3) is 0.133. The number of carbonyl (C=O) groups is 2. The number of amides is 2. The lowest BCUT2D eigenvalue weighted by atomic mass is 10.1. The van der Waals surface area contributed by atoms with Crippen molar-refractivity contribution in [3.05, 3.63) is 54.2 Å². The van der Waals surface area contributed by atoms with E-state index in [1.54, 1.807) is 18.3 Å². The molecule has 0 fully saturated rings. The molecular formula is C15H15N3O2. The molecule has 0 aliphatic carbocycles. The molecule has 0 saturated heterocycles. The zero-order chi connectivity index (χ0) is 14.4. The van der Waals surface area contributed by atoms with Gasteiger partial charge in [-0.3, -0.25) is 14.6 Å². The lowest BCUT2D eigenvalue weighted by molar-refractivity contribution is -0.117. The molecule has 0 aliphatic heterocycles. The number of carbonyl (C=O) groups excluding carboxylic acids is 2. The van der Waals surface area contributed by atoms with Gasteiger partial charge in [-0.2, -0.15) is 0 Å². The normalized spacial score (nSPS) is 10.0. The van der Waals surface area contributed by atoms with Crippen molar-refractivity contribution in [2.45, 2.75) is 6.42 Å². The second kappa shape index (κ2) is 6.47. The van der Waals surface area contributed by atoms with Crippen molar-refractivity contribution >= 4 is 11.8 Å². The number of hydrogen-bond acceptors (Lipinski definition) is 3. The fourth-order valence-electron chi connectivity index (χ4n) is 1.73. The number of hydrogen-bond donors (Lipinski definition) is 2. The molecular weight excluding hydrogens is 254 g/mol. The highest BCUT2D eigenvalue weighted by Crippen LogP contribution is 2.16. The van der Waals surface area contributed by atoms with Gasteiger partial charge in [0.25, 0.3) is 5.91 Å². The summed E-state index contributed by atoms with van der Waals surface area (Å²) >= 11 is 0. The van der Waals surface area contributed by atoms with Crippen LogP contribution in [0.5, 0.6) is 0 Å². The molecule has 20 heavy (non-hydrogen) atoms. The summed E-state index contributed by atoms with van der Waals surface area (Å²) in [4.78, 5) is 26.6. The molecule has 5 heteroatoms. The molecule has 1 aromatic carbocycles. The van der Waals surface area contributed by atoms with Crippen LogP contribution in [0.3, 0.4) is 0 Å². The first-order chi connectivity index (χ1) is 9.66. The number of benzene rings is 1. The highest BCUT2D eigenvalue weighted by molar-refractivity contribution is 5.94. The van der Waals surface area contributed by atoms with Crippen LogP contribution in [0.25, 0.3) is 11.3 Å². The van der Waals surface area contributed by atoms with Gasteiger partial charge >= 0.3 is 0 Å². The van der Waals surface area contributed by atoms with Crippen LogP contribution in [0.2, 0.25) is 0 Å². The molecule has 1 heterocycles. The van der Waals surface area contributed by atoms with Crippen LogP contribution >= 0.6 is 0 Å². The Kier molecular flexibility index (Phi) is 4.44. The third kappa shape index (κ3) is 3.65. The Morgan fingerprint density at radius 2 is 1.85 bits per heavy atom. The number of nitrogens with zero attached hydrogens (tertiary/aromatic N) is 1. The number of rotatable bonds is 5. The summed E-state index contributed by atoms with van der Waals surface area (Å²) in [5.41, 5.74) is 7.34. The maximum atomic E-state index is 11.8. The van der Waals surface area contributed by atoms with Crippen LogP contribution in [-0.4, -0.2) is 23.3 Å². The highest BCUT2D eigenvalue weighted by atomic mass is 16.2. The first kappa shape index (κ1) is 13.7. The van der Waals surface area contributed by atoms with E-state index in [4.69, 9.17) is 5.73 Å². The number of nitrogens with one attached hydrogen (secondary N) is 1. The summed E-state index contributed by atoms with van der Waals surface area (Å²) in [6.07, 6.45) is 1.86. The first-order valence-electron chi connectivity index (χ1n) is 6.25. The minimum absolute atomic E-state index is 0.137. The number of nitrogens with two attached hydrogens (primary N) is 1. The lowest BCUT2D eigenvalue weighted by Gasteiger charge is -2.05. The maximum absolute atomic E-state index is 11.8. The van der Waals surface area contributed by atoms with Gasteiger partial charge in [0.15, 0.2) is 0 Å². The summed E-state index contributed by atoms with van der Waals surface area (Å²) in [6, 6.07) is 12.8. The topological polar surface area (TPSA) is 85.1 Å². The van der Waals surface area contributed by atoms with Gasteiger partial charge in [-0.1, -0.05) is 18.2 Å². The molecule has 0 saturated carbocycles. The summed E-state index contributed by atoms with van der Waals surface area (Å²) < 4.78 is 0. The summed E-state index contributed by atoms with van der Waals surface area (Å²) in [7, 11) is 0. The van der Waals surface area contributed by atoms with E-state index in [0.717, 1.165) is 11.3 Å². The largest absolute Gasteiger partial charge is 0.370 e. The molecule has 102 valence electrons. The number of pyridine rings is 1. The molecule has 1 aromatic heterocycles. The Morgan fingerprint density at radius 3 is 2.45 bits per heavy atom. The summed E-state index contributed by atoms with van der Waals surface area (Å²) in [6.45, 7) is 0.246. The van der Waals surface area contributed by atoms with Crippen molar-refractivity contribution < 1.29 is 9.59 Å². The average Bonchev–Trinajstić information content (AvgIpc) is 2.48. The van der Waals surface area contributed by atoms with E-state index in [-0.39, 0.29) is 18.9 Å². The van der Waals surface area contributed by atoms with Crippen LogP contribution < -0.4 is 11.1 Å². The minimum atomic E-state index is -0.434. The van der Waals surface area contributed by atoms with Gasteiger partial charge in [0.2, 0.25) is 5.91 Å². The standard InChI is InChI=1S/C15H15N3O2/c16-14(19)8-10-18-15(20)12-6-4-11(5-7-12)13-3-1-2-9-17-13/h1-7,9H,8,10H2,(H2,16,19)(H,18,20). The molecule has 0 unspecified atom stereocenters. The van der Waals surface area contributed by atoms with E-state index in [9.17, 15) is 9.59 Å². The van der Waals surface area contributed by atoms with Gasteiger partial charge < -0.3 is 11.1 Å². The fourth-order valence-corrected chi connectivity index (χ4v) is 1.73. The van der Waals surface area contributed by atoms with Crippen molar-refractivity contribution in [1.29, 1.82) is 0 Å². The third-order valence-corrected chi connectivity index (χ3v) is 2.76. The Hall–Kier alpha value is -2.69. The quantitative estimate of drug-likeness (QED) is 0.859. The minimum Gasteiger partial charge on any atom is -0.370 e. The van der Waals surface area contributed by atoms with Crippen molar-refractivity contribution in [3.63, 3.8) is 0 Å². The van der Waals surface area contributed by atoms with Gasteiger partial charge in [-0.15, -0.1) is 0 Å². The molecule has 2 rings (SSSR count). The van der Waals surface area contributed by atoms with Crippen molar-refractivity contribution in [2.75, 3.05) is 6.54 Å². The maximum Gasteiger partial charge on any atom is 0.251 e. The third-order valence-electron chi connectivity index (χ3n) is 2.76. The molecule has 0 aliphatic rings. The number of aromatic nitrogens is 1. The summed E-state index contributed by atoms with van der Waals surface area (Å²) in [5, 5.41) is 2.63. The Bertz CT molecular complexity index is 594. The van der Waals surface area contributed by atoms with Crippen molar-refractivity contribution in [1.82, 2.24) is 10.3 Å². The van der Waals surface area contributed by atoms with Crippen LogP contribution in [0.15, 0.2) is 48.7 Å².